The summed E-state index contributed by atoms with van der Waals surface area (Å²) in [6, 6.07) is 7.24. The zero-order chi connectivity index (χ0) is 19.7. The Balaban J connectivity index is 0.000000604. The highest BCUT2D eigenvalue weighted by molar-refractivity contribution is 6.21. The van der Waals surface area contributed by atoms with Crippen molar-refractivity contribution in [3.63, 3.8) is 0 Å². The van der Waals surface area contributed by atoms with Crippen LogP contribution in [0, 0.1) is 0 Å². The summed E-state index contributed by atoms with van der Waals surface area (Å²) >= 11 is 0. The van der Waals surface area contributed by atoms with Crippen molar-refractivity contribution in [2.45, 2.75) is 56.7 Å². The predicted molar refractivity (Wildman–Crippen MR) is 106 cm³/mol. The molecule has 1 aromatic carbocycles. The van der Waals surface area contributed by atoms with Crippen LogP contribution in [0.5, 0.6) is 5.75 Å². The van der Waals surface area contributed by atoms with E-state index in [-0.39, 0.29) is 12.4 Å². The van der Waals surface area contributed by atoms with Gasteiger partial charge in [-0.1, -0.05) is 12.1 Å². The number of benzene rings is 1. The molecule has 2 atom stereocenters. The number of fused-ring (bicyclic) bond motifs is 3. The summed E-state index contributed by atoms with van der Waals surface area (Å²) in [5.41, 5.74) is 3.25. The van der Waals surface area contributed by atoms with Gasteiger partial charge in [0, 0.05) is 30.7 Å². The first kappa shape index (κ1) is 19.0. The van der Waals surface area contributed by atoms with E-state index in [0.29, 0.717) is 18.2 Å². The molecule has 28 heavy (non-hydrogen) atoms. The van der Waals surface area contributed by atoms with E-state index in [1.54, 1.807) is 0 Å². The average Bonchev–Trinajstić information content (AvgIpc) is 3.45. The SMILES string of the molecule is CN1C[C@@H]2C[C@H]1CN2C(=O)C1=CCc2cc(OC3CCCC3)ccc21.O=CO. The number of hydrogen-bond acceptors (Lipinski definition) is 4. The lowest BCUT2D eigenvalue weighted by atomic mass is 10.0. The zero-order valence-electron chi connectivity index (χ0n) is 16.3. The second-order valence-electron chi connectivity index (χ2n) is 8.21. The van der Waals surface area contributed by atoms with Gasteiger partial charge < -0.3 is 14.7 Å². The topological polar surface area (TPSA) is 70.1 Å². The quantitative estimate of drug-likeness (QED) is 0.811. The zero-order valence-corrected chi connectivity index (χ0v) is 16.3. The number of ether oxygens (including phenoxy) is 1. The summed E-state index contributed by atoms with van der Waals surface area (Å²) in [5.74, 6) is 1.19. The van der Waals surface area contributed by atoms with Gasteiger partial charge >= 0.3 is 0 Å². The lowest BCUT2D eigenvalue weighted by Gasteiger charge is -2.32. The number of carbonyl (C=O) groups excluding carboxylic acids is 1. The van der Waals surface area contributed by atoms with Crippen molar-refractivity contribution in [3.8, 4) is 5.75 Å². The summed E-state index contributed by atoms with van der Waals surface area (Å²) in [6.07, 6.45) is 9.38. The number of rotatable bonds is 3. The van der Waals surface area contributed by atoms with Gasteiger partial charge in [-0.3, -0.25) is 14.5 Å². The third kappa shape index (κ3) is 3.53. The molecule has 3 fully saturated rings. The highest BCUT2D eigenvalue weighted by Crippen LogP contribution is 2.36. The molecule has 1 amide bonds. The standard InChI is InChI=1S/C21H26N2O2.CH2O2/c1-22-12-16-11-15(22)13-23(16)21(24)20-8-6-14-10-18(7-9-19(14)20)25-17-4-2-3-5-17;2-1-3/h7-10,15-17H,2-6,11-13H2,1H3;1H,(H,2,3)/t15-,16-;/m0./s1. The van der Waals surface area contributed by atoms with E-state index < -0.39 is 0 Å². The van der Waals surface area contributed by atoms with Gasteiger partial charge in [0.25, 0.3) is 12.4 Å². The summed E-state index contributed by atoms with van der Waals surface area (Å²) in [5, 5.41) is 6.89. The Hall–Kier alpha value is -2.34. The van der Waals surface area contributed by atoms with Crippen molar-refractivity contribution in [2.75, 3.05) is 20.1 Å². The van der Waals surface area contributed by atoms with E-state index >= 15 is 0 Å². The third-order valence-electron chi connectivity index (χ3n) is 6.50. The number of piperazine rings is 1. The molecule has 0 aromatic heterocycles. The van der Waals surface area contributed by atoms with E-state index in [4.69, 9.17) is 14.6 Å². The maximum absolute atomic E-state index is 13.1. The largest absolute Gasteiger partial charge is 0.490 e. The molecule has 2 aliphatic carbocycles. The van der Waals surface area contributed by atoms with E-state index in [2.05, 4.69) is 35.1 Å². The number of amides is 1. The number of carbonyl (C=O) groups is 2. The second kappa shape index (κ2) is 7.95. The molecular weight excluding hydrogens is 356 g/mol. The summed E-state index contributed by atoms with van der Waals surface area (Å²) in [6.45, 7) is 1.65. The number of likely N-dealkylation sites (tertiary alicyclic amines) is 2. The van der Waals surface area contributed by atoms with E-state index in [1.165, 1.54) is 31.2 Å². The maximum atomic E-state index is 13.1. The predicted octanol–water partition coefficient (Wildman–Crippen LogP) is 2.56. The van der Waals surface area contributed by atoms with E-state index in [0.717, 1.165) is 42.8 Å². The molecule has 0 unspecified atom stereocenters. The van der Waals surface area contributed by atoms with E-state index in [9.17, 15) is 4.79 Å². The monoisotopic (exact) mass is 384 g/mol. The molecule has 2 aliphatic heterocycles. The van der Waals surface area contributed by atoms with Crippen LogP contribution in [0.1, 0.15) is 43.2 Å². The fraction of sp³-hybridized carbons (Fsp3) is 0.545. The van der Waals surface area contributed by atoms with Gasteiger partial charge in [0.2, 0.25) is 0 Å². The van der Waals surface area contributed by atoms with Gasteiger partial charge in [-0.25, -0.2) is 0 Å². The molecule has 1 N–H and O–H groups in total. The molecule has 2 saturated heterocycles. The Morgan fingerprint density at radius 3 is 2.61 bits per heavy atom. The minimum absolute atomic E-state index is 0.226. The molecule has 2 bridgehead atoms. The summed E-state index contributed by atoms with van der Waals surface area (Å²) in [4.78, 5) is 25.9. The number of likely N-dealkylation sites (N-methyl/N-ethyl adjacent to an activating group) is 1. The first-order valence-corrected chi connectivity index (χ1v) is 10.2. The molecule has 4 aliphatic rings. The van der Waals surface area contributed by atoms with Gasteiger partial charge in [0.15, 0.2) is 0 Å². The van der Waals surface area contributed by atoms with Gasteiger partial charge in [-0.2, -0.15) is 0 Å². The summed E-state index contributed by atoms with van der Waals surface area (Å²) < 4.78 is 6.12. The molecule has 150 valence electrons. The Bertz CT molecular complexity index is 783. The van der Waals surface area contributed by atoms with Crippen LogP contribution in [0.4, 0.5) is 0 Å². The van der Waals surface area contributed by atoms with Crippen LogP contribution in [-0.4, -0.2) is 65.6 Å². The normalized spacial score (nSPS) is 25.9. The first-order valence-electron chi connectivity index (χ1n) is 10.2. The van der Waals surface area contributed by atoms with Crippen LogP contribution in [-0.2, 0) is 16.0 Å². The Kier molecular flexibility index (Phi) is 5.40. The van der Waals surface area contributed by atoms with Crippen LogP contribution in [0.3, 0.4) is 0 Å². The number of allylic oxidation sites excluding steroid dienone is 1. The van der Waals surface area contributed by atoms with Gasteiger partial charge in [0.05, 0.1) is 6.10 Å². The Morgan fingerprint density at radius 1 is 1.21 bits per heavy atom. The minimum atomic E-state index is -0.250. The Labute approximate surface area is 165 Å². The number of nitrogens with zero attached hydrogens (tertiary/aromatic N) is 2. The van der Waals surface area contributed by atoms with Crippen molar-refractivity contribution in [2.24, 2.45) is 0 Å². The van der Waals surface area contributed by atoms with Gasteiger partial charge in [-0.15, -0.1) is 0 Å². The van der Waals surface area contributed by atoms with Crippen molar-refractivity contribution < 1.29 is 19.4 Å². The molecule has 2 heterocycles. The molecule has 0 radical (unpaired) electrons. The summed E-state index contributed by atoms with van der Waals surface area (Å²) in [7, 11) is 2.17. The average molecular weight is 384 g/mol. The van der Waals surface area contributed by atoms with Crippen molar-refractivity contribution in [1.29, 1.82) is 0 Å². The van der Waals surface area contributed by atoms with Crippen LogP contribution >= 0.6 is 0 Å². The Morgan fingerprint density at radius 2 is 1.96 bits per heavy atom. The lowest BCUT2D eigenvalue weighted by molar-refractivity contribution is -0.127. The van der Waals surface area contributed by atoms with Crippen LogP contribution in [0.2, 0.25) is 0 Å². The molecular formula is C22H28N2O4. The van der Waals surface area contributed by atoms with Crippen LogP contribution in [0.25, 0.3) is 5.57 Å². The molecule has 6 nitrogen and oxygen atoms in total. The van der Waals surface area contributed by atoms with Crippen LogP contribution < -0.4 is 4.74 Å². The van der Waals surface area contributed by atoms with E-state index in [1.807, 2.05) is 6.07 Å². The fourth-order valence-corrected chi connectivity index (χ4v) is 5.07. The van der Waals surface area contributed by atoms with Crippen molar-refractivity contribution in [3.05, 3.63) is 35.4 Å². The van der Waals surface area contributed by atoms with Crippen molar-refractivity contribution in [1.82, 2.24) is 9.80 Å². The first-order chi connectivity index (χ1) is 13.6. The molecule has 0 spiro atoms. The van der Waals surface area contributed by atoms with Crippen LogP contribution in [0.15, 0.2) is 24.3 Å². The van der Waals surface area contributed by atoms with Gasteiger partial charge in [-0.05, 0) is 68.8 Å². The highest BCUT2D eigenvalue weighted by Gasteiger charge is 2.44. The molecule has 1 saturated carbocycles. The number of hydrogen-bond donors (Lipinski definition) is 1. The third-order valence-corrected chi connectivity index (χ3v) is 6.50. The fourth-order valence-electron chi connectivity index (χ4n) is 5.07. The number of carboxylic acid groups (broad SMARTS) is 1. The maximum Gasteiger partial charge on any atom is 0.290 e. The lowest BCUT2D eigenvalue weighted by Crippen LogP contribution is -2.47. The minimum Gasteiger partial charge on any atom is -0.490 e. The highest BCUT2D eigenvalue weighted by atomic mass is 16.5. The van der Waals surface area contributed by atoms with Gasteiger partial charge in [0.1, 0.15) is 5.75 Å². The molecule has 6 heteroatoms. The molecule has 5 rings (SSSR count). The van der Waals surface area contributed by atoms with Crippen molar-refractivity contribution >= 4 is 18.0 Å². The smallest absolute Gasteiger partial charge is 0.290 e. The molecule has 1 aromatic rings. The second-order valence-corrected chi connectivity index (χ2v) is 8.21.